The van der Waals surface area contributed by atoms with Crippen molar-refractivity contribution >= 4 is 6.08 Å². The van der Waals surface area contributed by atoms with Gasteiger partial charge in [0.05, 0.1) is 0 Å². The summed E-state index contributed by atoms with van der Waals surface area (Å²) in [7, 11) is 0. The van der Waals surface area contributed by atoms with E-state index in [1.54, 1.807) is 0 Å². The zero-order chi connectivity index (χ0) is 11.8. The number of allylic oxidation sites excluding steroid dienone is 1. The van der Waals surface area contributed by atoms with Gasteiger partial charge in [-0.25, -0.2) is 0 Å². The lowest BCUT2D eigenvalue weighted by atomic mass is 10.1. The highest BCUT2D eigenvalue weighted by atomic mass is 13.9. The van der Waals surface area contributed by atoms with Crippen molar-refractivity contribution in [3.05, 3.63) is 83.6 Å². The first kappa shape index (κ1) is 11.4. The van der Waals surface area contributed by atoms with Gasteiger partial charge in [-0.1, -0.05) is 60.7 Å². The summed E-state index contributed by atoms with van der Waals surface area (Å²) < 4.78 is 0. The molecule has 0 nitrogen and oxygen atoms in total. The van der Waals surface area contributed by atoms with Crippen molar-refractivity contribution < 1.29 is 0 Å². The Balaban J connectivity index is 1.85. The van der Waals surface area contributed by atoms with Crippen LogP contribution in [0.5, 0.6) is 0 Å². The Labute approximate surface area is 103 Å². The van der Waals surface area contributed by atoms with Gasteiger partial charge in [-0.3, -0.25) is 0 Å². The molecule has 0 heteroatoms. The van der Waals surface area contributed by atoms with Crippen LogP contribution in [0.15, 0.2) is 72.5 Å². The van der Waals surface area contributed by atoms with Gasteiger partial charge in [-0.2, -0.15) is 0 Å². The Kier molecular flexibility index (Phi) is 4.39. The predicted molar refractivity (Wildman–Crippen MR) is 73.8 cm³/mol. The number of hydrogen-bond acceptors (Lipinski definition) is 0. The van der Waals surface area contributed by atoms with E-state index in [0.717, 1.165) is 12.8 Å². The highest BCUT2D eigenvalue weighted by Crippen LogP contribution is 2.03. The molecule has 0 heterocycles. The topological polar surface area (TPSA) is 0 Å². The van der Waals surface area contributed by atoms with E-state index >= 15 is 0 Å². The SMILES string of the molecule is C(=CCCc1ccccc1)=Cc1ccccc1. The van der Waals surface area contributed by atoms with Crippen LogP contribution in [0.4, 0.5) is 0 Å². The van der Waals surface area contributed by atoms with Gasteiger partial charge in [-0.15, -0.1) is 5.73 Å². The van der Waals surface area contributed by atoms with Gasteiger partial charge in [0.1, 0.15) is 0 Å². The average molecular weight is 220 g/mol. The molecule has 2 aromatic carbocycles. The second-order valence-corrected chi connectivity index (χ2v) is 3.95. The van der Waals surface area contributed by atoms with Crippen LogP contribution in [0, 0.1) is 0 Å². The van der Waals surface area contributed by atoms with Gasteiger partial charge < -0.3 is 0 Å². The Bertz CT molecular complexity index is 488. The maximum Gasteiger partial charge on any atom is -0.0131 e. The van der Waals surface area contributed by atoms with E-state index in [1.807, 2.05) is 24.3 Å². The van der Waals surface area contributed by atoms with E-state index in [-0.39, 0.29) is 0 Å². The minimum Gasteiger partial charge on any atom is -0.125 e. The number of hydrogen-bond donors (Lipinski definition) is 0. The van der Waals surface area contributed by atoms with Crippen molar-refractivity contribution in [3.63, 3.8) is 0 Å². The van der Waals surface area contributed by atoms with E-state index in [9.17, 15) is 0 Å². The number of aryl methyl sites for hydroxylation is 1. The van der Waals surface area contributed by atoms with Crippen LogP contribution in [0.2, 0.25) is 0 Å². The molecule has 0 aliphatic heterocycles. The third-order valence-electron chi connectivity index (χ3n) is 2.59. The van der Waals surface area contributed by atoms with E-state index in [0.29, 0.717) is 0 Å². The van der Waals surface area contributed by atoms with Crippen molar-refractivity contribution in [2.75, 3.05) is 0 Å². The maximum atomic E-state index is 3.22. The molecule has 0 radical (unpaired) electrons. The van der Waals surface area contributed by atoms with Gasteiger partial charge in [0.25, 0.3) is 0 Å². The summed E-state index contributed by atoms with van der Waals surface area (Å²) in [6, 6.07) is 20.8. The summed E-state index contributed by atoms with van der Waals surface area (Å²) in [5.41, 5.74) is 5.80. The smallest absolute Gasteiger partial charge is 0.0131 e. The normalized spacial score (nSPS) is 9.41. The summed E-state index contributed by atoms with van der Waals surface area (Å²) >= 11 is 0. The molecule has 2 rings (SSSR count). The standard InChI is InChI=1S/C17H16/c1-4-10-16(11-5-1)14-8-3-9-15-17-12-6-2-7-13-17/h1-7,10-13,15H,8,14H2. The third-order valence-corrected chi connectivity index (χ3v) is 2.59. The lowest BCUT2D eigenvalue weighted by Crippen LogP contribution is -1.80. The van der Waals surface area contributed by atoms with Crippen LogP contribution in [0.3, 0.4) is 0 Å². The molecule has 2 aromatic rings. The molecule has 0 atom stereocenters. The van der Waals surface area contributed by atoms with Gasteiger partial charge >= 0.3 is 0 Å². The first-order valence-corrected chi connectivity index (χ1v) is 5.95. The summed E-state index contributed by atoms with van der Waals surface area (Å²) in [5, 5.41) is 0. The lowest BCUT2D eigenvalue weighted by molar-refractivity contribution is 1.00. The fourth-order valence-corrected chi connectivity index (χ4v) is 1.67. The Morgan fingerprint density at radius 1 is 0.824 bits per heavy atom. The van der Waals surface area contributed by atoms with Crippen molar-refractivity contribution in [1.29, 1.82) is 0 Å². The van der Waals surface area contributed by atoms with Crippen molar-refractivity contribution in [2.24, 2.45) is 0 Å². The third kappa shape index (κ3) is 4.14. The van der Waals surface area contributed by atoms with Gasteiger partial charge in [0, 0.05) is 0 Å². The molecule has 0 bridgehead atoms. The van der Waals surface area contributed by atoms with Crippen molar-refractivity contribution in [1.82, 2.24) is 0 Å². The molecule has 84 valence electrons. The molecule has 0 spiro atoms. The van der Waals surface area contributed by atoms with Crippen LogP contribution in [-0.4, -0.2) is 0 Å². The van der Waals surface area contributed by atoms with Crippen LogP contribution < -0.4 is 0 Å². The molecule has 0 saturated carbocycles. The molecular formula is C17H16. The molecule has 0 amide bonds. The molecule has 0 aliphatic carbocycles. The molecular weight excluding hydrogens is 204 g/mol. The first-order chi connectivity index (χ1) is 8.45. The monoisotopic (exact) mass is 220 g/mol. The van der Waals surface area contributed by atoms with Crippen molar-refractivity contribution in [2.45, 2.75) is 12.8 Å². The molecule has 17 heavy (non-hydrogen) atoms. The van der Waals surface area contributed by atoms with Gasteiger partial charge in [-0.05, 0) is 36.1 Å². The average Bonchev–Trinajstić information content (AvgIpc) is 2.41. The fourth-order valence-electron chi connectivity index (χ4n) is 1.67. The van der Waals surface area contributed by atoms with Crippen molar-refractivity contribution in [3.8, 4) is 0 Å². The van der Waals surface area contributed by atoms with Crippen LogP contribution >= 0.6 is 0 Å². The minimum absolute atomic E-state index is 1.04. The first-order valence-electron chi connectivity index (χ1n) is 5.95. The van der Waals surface area contributed by atoms with Gasteiger partial charge in [0.15, 0.2) is 0 Å². The Hall–Kier alpha value is -2.04. The van der Waals surface area contributed by atoms with E-state index in [4.69, 9.17) is 0 Å². The summed E-state index contributed by atoms with van der Waals surface area (Å²) in [4.78, 5) is 0. The summed E-state index contributed by atoms with van der Waals surface area (Å²) in [6.07, 6.45) is 6.23. The van der Waals surface area contributed by atoms with Crippen LogP contribution in [-0.2, 0) is 6.42 Å². The Morgan fingerprint density at radius 2 is 1.47 bits per heavy atom. The zero-order valence-electron chi connectivity index (χ0n) is 9.84. The summed E-state index contributed by atoms with van der Waals surface area (Å²) in [6.45, 7) is 0. The number of rotatable bonds is 4. The minimum atomic E-state index is 1.04. The zero-order valence-corrected chi connectivity index (χ0v) is 9.84. The maximum absolute atomic E-state index is 3.22. The highest BCUT2D eigenvalue weighted by Gasteiger charge is 1.87. The second kappa shape index (κ2) is 6.52. The quantitative estimate of drug-likeness (QED) is 0.666. The molecule has 0 aromatic heterocycles. The Morgan fingerprint density at radius 3 is 2.18 bits per heavy atom. The van der Waals surface area contributed by atoms with E-state index < -0.39 is 0 Å². The molecule has 0 fully saturated rings. The molecule has 0 aliphatic rings. The largest absolute Gasteiger partial charge is 0.125 e. The number of benzene rings is 2. The lowest BCUT2D eigenvalue weighted by Gasteiger charge is -1.94. The highest BCUT2D eigenvalue weighted by molar-refractivity contribution is 5.47. The predicted octanol–water partition coefficient (Wildman–Crippen LogP) is 4.49. The van der Waals surface area contributed by atoms with Gasteiger partial charge in [0.2, 0.25) is 0 Å². The van der Waals surface area contributed by atoms with Crippen LogP contribution in [0.25, 0.3) is 6.08 Å². The second-order valence-electron chi connectivity index (χ2n) is 3.95. The summed E-state index contributed by atoms with van der Waals surface area (Å²) in [5.74, 6) is 0. The van der Waals surface area contributed by atoms with E-state index in [1.165, 1.54) is 11.1 Å². The fraction of sp³-hybridized carbons (Fsp3) is 0.118. The van der Waals surface area contributed by atoms with E-state index in [2.05, 4.69) is 54.3 Å². The van der Waals surface area contributed by atoms with Crippen LogP contribution in [0.1, 0.15) is 17.5 Å². The molecule has 0 unspecified atom stereocenters. The molecule has 0 saturated heterocycles. The molecule has 0 N–H and O–H groups in total.